The average molecular weight is 442 g/mol. The molecular weight excluding hydrogens is 412 g/mol. The van der Waals surface area contributed by atoms with Gasteiger partial charge >= 0.3 is 0 Å². The fourth-order valence-electron chi connectivity index (χ4n) is 5.07. The van der Waals surface area contributed by atoms with Crippen LogP contribution in [-0.2, 0) is 5.92 Å². The molecule has 3 nitrogen and oxygen atoms in total. The molecule has 4 rings (SSSR count). The lowest BCUT2D eigenvalue weighted by Gasteiger charge is -2.37. The Bertz CT molecular complexity index is 740. The summed E-state index contributed by atoms with van der Waals surface area (Å²) in [6.45, 7) is 4.04. The van der Waals surface area contributed by atoms with Crippen LogP contribution in [0.4, 0.5) is 14.6 Å². The zero-order valence-electron chi connectivity index (χ0n) is 17.0. The molecule has 0 aromatic carbocycles. The third kappa shape index (κ3) is 5.01. The minimum atomic E-state index is -2.93. The Labute approximate surface area is 182 Å². The van der Waals surface area contributed by atoms with Crippen molar-refractivity contribution in [1.29, 1.82) is 0 Å². The number of rotatable bonds is 5. The summed E-state index contributed by atoms with van der Waals surface area (Å²) in [5.74, 6) is 0.304. The predicted molar refractivity (Wildman–Crippen MR) is 118 cm³/mol. The van der Waals surface area contributed by atoms with Gasteiger partial charge in [-0.1, -0.05) is 55.9 Å². The second kappa shape index (κ2) is 8.62. The second-order valence-corrected chi connectivity index (χ2v) is 9.93. The predicted octanol–water partition coefficient (Wildman–Crippen LogP) is 5.90. The van der Waals surface area contributed by atoms with Crippen LogP contribution in [0.2, 0.25) is 5.02 Å². The van der Waals surface area contributed by atoms with Gasteiger partial charge in [0.25, 0.3) is 5.92 Å². The number of alkyl halides is 2. The minimum Gasteiger partial charge on any atom is -0.363 e. The van der Waals surface area contributed by atoms with Crippen LogP contribution in [0.5, 0.6) is 0 Å². The molecule has 2 saturated carbocycles. The molecule has 2 aliphatic carbocycles. The van der Waals surface area contributed by atoms with E-state index in [1.807, 2.05) is 0 Å². The van der Waals surface area contributed by atoms with Crippen molar-refractivity contribution in [2.24, 2.45) is 17.8 Å². The van der Waals surface area contributed by atoms with Gasteiger partial charge in [-0.25, -0.2) is 13.8 Å². The minimum absolute atomic E-state index is 0.150. The molecule has 160 valence electrons. The fourth-order valence-corrected chi connectivity index (χ4v) is 5.75. The Balaban J connectivity index is 1.27. The van der Waals surface area contributed by atoms with Gasteiger partial charge in [0.2, 0.25) is 0 Å². The summed E-state index contributed by atoms with van der Waals surface area (Å²) in [5, 5.41) is 0.286. The van der Waals surface area contributed by atoms with Gasteiger partial charge in [-0.3, -0.25) is 0 Å². The van der Waals surface area contributed by atoms with E-state index in [2.05, 4.69) is 14.8 Å². The maximum Gasteiger partial charge on any atom is 0.272 e. The van der Waals surface area contributed by atoms with Crippen molar-refractivity contribution in [2.75, 3.05) is 31.1 Å². The van der Waals surface area contributed by atoms with Crippen LogP contribution in [0.25, 0.3) is 0 Å². The lowest BCUT2D eigenvalue weighted by atomic mass is 9.85. The summed E-state index contributed by atoms with van der Waals surface area (Å²) in [6, 6.07) is 1.33. The molecule has 1 aliphatic heterocycles. The highest BCUT2D eigenvalue weighted by atomic mass is 35.5. The van der Waals surface area contributed by atoms with Gasteiger partial charge in [-0.2, -0.15) is 0 Å². The number of anilines is 1. The number of pyridine rings is 1. The van der Waals surface area contributed by atoms with Crippen LogP contribution in [0.3, 0.4) is 0 Å². The van der Waals surface area contributed by atoms with Crippen molar-refractivity contribution < 1.29 is 8.78 Å². The van der Waals surface area contributed by atoms with E-state index in [9.17, 15) is 8.78 Å². The van der Waals surface area contributed by atoms with Crippen molar-refractivity contribution in [3.05, 3.63) is 22.8 Å². The van der Waals surface area contributed by atoms with Gasteiger partial charge in [0.05, 0.1) is 10.0 Å². The smallest absolute Gasteiger partial charge is 0.272 e. The third-order valence-corrected chi connectivity index (χ3v) is 7.63. The summed E-state index contributed by atoms with van der Waals surface area (Å²) in [6.07, 6.45) is 10.7. The summed E-state index contributed by atoms with van der Waals surface area (Å²) in [4.78, 5) is 9.69. The zero-order chi connectivity index (χ0) is 20.6. The first kappa shape index (κ1) is 21.2. The molecule has 2 heterocycles. The van der Waals surface area contributed by atoms with E-state index in [0.717, 1.165) is 62.3 Å². The third-order valence-electron chi connectivity index (χ3n) is 6.93. The molecule has 7 heteroatoms. The Morgan fingerprint density at radius 3 is 2.52 bits per heavy atom. The van der Waals surface area contributed by atoms with Gasteiger partial charge in [-0.15, -0.1) is 0 Å². The molecule has 3 fully saturated rings. The van der Waals surface area contributed by atoms with Gasteiger partial charge in [0.15, 0.2) is 0 Å². The highest BCUT2D eigenvalue weighted by Gasteiger charge is 2.43. The lowest BCUT2D eigenvalue weighted by Crippen LogP contribution is -2.48. The Morgan fingerprint density at radius 1 is 1.21 bits per heavy atom. The number of halogens is 3. The van der Waals surface area contributed by atoms with Crippen LogP contribution >= 0.6 is 23.8 Å². The molecule has 2 atom stereocenters. The van der Waals surface area contributed by atoms with Crippen molar-refractivity contribution >= 4 is 34.6 Å². The van der Waals surface area contributed by atoms with Crippen LogP contribution in [0.15, 0.2) is 12.3 Å². The number of hydrogen-bond acceptors (Lipinski definition) is 3. The maximum absolute atomic E-state index is 13.5. The topological polar surface area (TPSA) is 19.4 Å². The van der Waals surface area contributed by atoms with Crippen molar-refractivity contribution in [1.82, 2.24) is 9.88 Å². The second-order valence-electron chi connectivity index (χ2n) is 9.05. The lowest BCUT2D eigenvalue weighted by molar-refractivity contribution is 0.0171. The molecule has 0 spiro atoms. The highest BCUT2D eigenvalue weighted by molar-refractivity contribution is 7.80. The van der Waals surface area contributed by atoms with Gasteiger partial charge in [0, 0.05) is 51.3 Å². The molecule has 0 amide bonds. The fraction of sp³-hybridized carbons (Fsp3) is 0.727. The summed E-state index contributed by atoms with van der Waals surface area (Å²) in [7, 11) is 0. The standard InChI is InChI=1S/C22H30ClF2N3S/c1-22(24,25)17-13-19(23)21(26-14-17)28-9-7-27(8-10-28)20(29)12-16-11-18(16)15-5-3-2-4-6-15/h13-16,18H,2-12H2,1H3. The average Bonchev–Trinajstić information content (AvgIpc) is 3.47. The molecule has 2 unspecified atom stereocenters. The van der Waals surface area contributed by atoms with Gasteiger partial charge < -0.3 is 9.80 Å². The Morgan fingerprint density at radius 2 is 1.90 bits per heavy atom. The molecule has 1 saturated heterocycles. The summed E-state index contributed by atoms with van der Waals surface area (Å²) < 4.78 is 26.9. The van der Waals surface area contributed by atoms with E-state index in [0.29, 0.717) is 5.82 Å². The van der Waals surface area contributed by atoms with Gasteiger partial charge in [-0.05, 0) is 30.2 Å². The maximum atomic E-state index is 13.5. The first-order chi connectivity index (χ1) is 13.8. The summed E-state index contributed by atoms with van der Waals surface area (Å²) in [5.41, 5.74) is -0.150. The zero-order valence-corrected chi connectivity index (χ0v) is 18.6. The quantitative estimate of drug-likeness (QED) is 0.529. The molecular formula is C22H30ClF2N3S. The van der Waals surface area contributed by atoms with E-state index >= 15 is 0 Å². The number of thiocarbonyl (C=S) groups is 1. The van der Waals surface area contributed by atoms with E-state index in [1.165, 1.54) is 50.8 Å². The SMILES string of the molecule is CC(F)(F)c1cnc(N2CCN(C(=S)CC3CC3C3CCCCC3)CC2)c(Cl)c1. The Kier molecular flexibility index (Phi) is 6.31. The number of aromatic nitrogens is 1. The first-order valence-electron chi connectivity index (χ1n) is 10.9. The summed E-state index contributed by atoms with van der Waals surface area (Å²) >= 11 is 12.0. The van der Waals surface area contributed by atoms with Crippen LogP contribution in [0.1, 0.15) is 57.4 Å². The van der Waals surface area contributed by atoms with E-state index in [4.69, 9.17) is 23.8 Å². The van der Waals surface area contributed by atoms with Crippen LogP contribution in [-0.4, -0.2) is 41.1 Å². The molecule has 29 heavy (non-hydrogen) atoms. The van der Waals surface area contributed by atoms with Crippen LogP contribution in [0, 0.1) is 17.8 Å². The molecule has 0 bridgehead atoms. The van der Waals surface area contributed by atoms with E-state index in [-0.39, 0.29) is 10.6 Å². The molecule has 1 aromatic rings. The number of hydrogen-bond donors (Lipinski definition) is 0. The molecule has 0 radical (unpaired) electrons. The van der Waals surface area contributed by atoms with Crippen LogP contribution < -0.4 is 4.90 Å². The number of nitrogens with zero attached hydrogens (tertiary/aromatic N) is 3. The van der Waals surface area contributed by atoms with E-state index in [1.54, 1.807) is 0 Å². The molecule has 0 N–H and O–H groups in total. The highest BCUT2D eigenvalue weighted by Crippen LogP contribution is 2.51. The number of piperazine rings is 1. The van der Waals surface area contributed by atoms with Gasteiger partial charge in [0.1, 0.15) is 5.82 Å². The van der Waals surface area contributed by atoms with E-state index < -0.39 is 5.92 Å². The van der Waals surface area contributed by atoms with Crippen molar-refractivity contribution in [3.8, 4) is 0 Å². The normalized spacial score (nSPS) is 25.9. The van der Waals surface area contributed by atoms with Crippen molar-refractivity contribution in [3.63, 3.8) is 0 Å². The first-order valence-corrected chi connectivity index (χ1v) is 11.7. The molecule has 1 aromatic heterocycles. The van der Waals surface area contributed by atoms with Crippen molar-refractivity contribution in [2.45, 2.75) is 57.8 Å². The molecule has 3 aliphatic rings. The Hall–Kier alpha value is -1.01. The largest absolute Gasteiger partial charge is 0.363 e. The monoisotopic (exact) mass is 441 g/mol.